The van der Waals surface area contributed by atoms with Crippen LogP contribution in [0.3, 0.4) is 0 Å². The van der Waals surface area contributed by atoms with Crippen LogP contribution >= 0.6 is 0 Å². The smallest absolute Gasteiger partial charge is 0.319 e. The third kappa shape index (κ3) is 3.29. The van der Waals surface area contributed by atoms with E-state index in [1.54, 1.807) is 30.3 Å². The van der Waals surface area contributed by atoms with Crippen LogP contribution < -0.4 is 15.4 Å². The van der Waals surface area contributed by atoms with E-state index in [9.17, 15) is 4.79 Å². The highest BCUT2D eigenvalue weighted by Crippen LogP contribution is 2.25. The average Bonchev–Trinajstić information content (AvgIpc) is 2.98. The summed E-state index contributed by atoms with van der Waals surface area (Å²) >= 11 is 0. The Balaban J connectivity index is 2.01. The zero-order valence-corrected chi connectivity index (χ0v) is 10.8. The number of amides is 2. The molecular weight excluding hydrogens is 258 g/mol. The van der Waals surface area contributed by atoms with Gasteiger partial charge in [0.05, 0.1) is 37.2 Å². The molecule has 0 radical (unpaired) electrons. The number of hydrogen-bond acceptors (Lipinski definition) is 4. The third-order valence-electron chi connectivity index (χ3n) is 2.58. The topological polar surface area (TPSA) is 87.3 Å². The minimum atomic E-state index is -0.408. The van der Waals surface area contributed by atoms with Crippen molar-refractivity contribution >= 4 is 11.7 Å². The van der Waals surface area contributed by atoms with Crippen molar-refractivity contribution in [3.8, 4) is 11.8 Å². The molecule has 6 heteroatoms. The van der Waals surface area contributed by atoms with Gasteiger partial charge in [-0.25, -0.2) is 4.79 Å². The van der Waals surface area contributed by atoms with Gasteiger partial charge in [-0.15, -0.1) is 0 Å². The van der Waals surface area contributed by atoms with Gasteiger partial charge in [-0.3, -0.25) is 0 Å². The molecule has 6 nitrogen and oxygen atoms in total. The van der Waals surface area contributed by atoms with E-state index >= 15 is 0 Å². The number of anilines is 1. The maximum atomic E-state index is 11.8. The quantitative estimate of drug-likeness (QED) is 0.894. The molecule has 0 bridgehead atoms. The van der Waals surface area contributed by atoms with Gasteiger partial charge in [0.25, 0.3) is 0 Å². The predicted octanol–water partition coefficient (Wildman–Crippen LogP) is 2.48. The Kier molecular flexibility index (Phi) is 4.24. The molecule has 2 rings (SSSR count). The maximum absolute atomic E-state index is 11.8. The molecule has 0 aliphatic carbocycles. The summed E-state index contributed by atoms with van der Waals surface area (Å²) in [5.74, 6) is 1.13. The first-order chi connectivity index (χ1) is 9.72. The zero-order valence-electron chi connectivity index (χ0n) is 10.8. The Morgan fingerprint density at radius 1 is 1.45 bits per heavy atom. The minimum Gasteiger partial charge on any atom is -0.495 e. The Hall–Kier alpha value is -2.94. The molecule has 1 aromatic carbocycles. The van der Waals surface area contributed by atoms with E-state index in [0.717, 1.165) is 0 Å². The highest BCUT2D eigenvalue weighted by atomic mass is 16.5. The van der Waals surface area contributed by atoms with Crippen LogP contribution in [0.4, 0.5) is 10.5 Å². The third-order valence-corrected chi connectivity index (χ3v) is 2.58. The number of ether oxygens (including phenoxy) is 1. The number of urea groups is 1. The molecule has 0 fully saturated rings. The Bertz CT molecular complexity index is 630. The minimum absolute atomic E-state index is 0.277. The molecule has 0 spiro atoms. The largest absolute Gasteiger partial charge is 0.495 e. The maximum Gasteiger partial charge on any atom is 0.319 e. The van der Waals surface area contributed by atoms with E-state index in [2.05, 4.69) is 10.6 Å². The van der Waals surface area contributed by atoms with Crippen molar-refractivity contribution in [3.63, 3.8) is 0 Å². The Morgan fingerprint density at radius 3 is 2.95 bits per heavy atom. The van der Waals surface area contributed by atoms with Crippen LogP contribution in [0.2, 0.25) is 0 Å². The molecule has 0 saturated heterocycles. The highest BCUT2D eigenvalue weighted by Gasteiger charge is 2.08. The van der Waals surface area contributed by atoms with E-state index in [0.29, 0.717) is 22.8 Å². The lowest BCUT2D eigenvalue weighted by molar-refractivity contribution is 0.250. The number of nitrogens with zero attached hydrogens (tertiary/aromatic N) is 1. The van der Waals surface area contributed by atoms with Crippen molar-refractivity contribution in [2.45, 2.75) is 6.54 Å². The van der Waals surface area contributed by atoms with Gasteiger partial charge < -0.3 is 19.8 Å². The summed E-state index contributed by atoms with van der Waals surface area (Å²) < 4.78 is 10.2. The fourth-order valence-electron chi connectivity index (χ4n) is 1.62. The van der Waals surface area contributed by atoms with Gasteiger partial charge in [0, 0.05) is 0 Å². The molecule has 2 amide bonds. The fraction of sp³-hybridized carbons (Fsp3) is 0.143. The molecule has 2 aromatic rings. The lowest BCUT2D eigenvalue weighted by Crippen LogP contribution is -2.28. The van der Waals surface area contributed by atoms with Crippen LogP contribution in [-0.4, -0.2) is 13.1 Å². The van der Waals surface area contributed by atoms with Crippen LogP contribution in [0, 0.1) is 11.3 Å². The van der Waals surface area contributed by atoms with E-state index in [1.807, 2.05) is 6.07 Å². The first-order valence-corrected chi connectivity index (χ1v) is 5.88. The average molecular weight is 271 g/mol. The lowest BCUT2D eigenvalue weighted by atomic mass is 10.2. The molecule has 102 valence electrons. The zero-order chi connectivity index (χ0) is 14.4. The van der Waals surface area contributed by atoms with Crippen molar-refractivity contribution in [1.82, 2.24) is 5.32 Å². The molecular formula is C14H13N3O3. The summed E-state index contributed by atoms with van der Waals surface area (Å²) in [6.45, 7) is 0.277. The van der Waals surface area contributed by atoms with Crippen molar-refractivity contribution in [2.75, 3.05) is 12.4 Å². The van der Waals surface area contributed by atoms with E-state index < -0.39 is 6.03 Å². The summed E-state index contributed by atoms with van der Waals surface area (Å²) in [6.07, 6.45) is 1.54. The fourth-order valence-corrected chi connectivity index (χ4v) is 1.62. The number of carbonyl (C=O) groups excluding carboxylic acids is 1. The number of nitrogens with one attached hydrogen (secondary N) is 2. The van der Waals surface area contributed by atoms with Gasteiger partial charge in [-0.1, -0.05) is 0 Å². The number of methoxy groups -OCH3 is 1. The Morgan fingerprint density at radius 2 is 2.30 bits per heavy atom. The second-order valence-electron chi connectivity index (χ2n) is 3.91. The normalized spacial score (nSPS) is 9.60. The van der Waals surface area contributed by atoms with Crippen LogP contribution in [0.5, 0.6) is 5.75 Å². The molecule has 0 aliphatic rings. The van der Waals surface area contributed by atoms with E-state index in [4.69, 9.17) is 14.4 Å². The number of furan rings is 1. The standard InChI is InChI=1S/C14H13N3O3/c1-19-13-5-4-10(8-15)7-12(13)17-14(18)16-9-11-3-2-6-20-11/h2-7H,9H2,1H3,(H2,16,17,18). The van der Waals surface area contributed by atoms with Gasteiger partial charge in [0.2, 0.25) is 0 Å². The summed E-state index contributed by atoms with van der Waals surface area (Å²) in [6, 6.07) is 9.89. The van der Waals surface area contributed by atoms with Crippen molar-refractivity contribution in [1.29, 1.82) is 5.26 Å². The monoisotopic (exact) mass is 271 g/mol. The van der Waals surface area contributed by atoms with Crippen molar-refractivity contribution < 1.29 is 13.9 Å². The summed E-state index contributed by atoms with van der Waals surface area (Å²) in [7, 11) is 1.49. The second kappa shape index (κ2) is 6.29. The molecule has 0 unspecified atom stereocenters. The van der Waals surface area contributed by atoms with Crippen molar-refractivity contribution in [2.24, 2.45) is 0 Å². The van der Waals surface area contributed by atoms with Crippen LogP contribution in [0.15, 0.2) is 41.0 Å². The first kappa shape index (κ1) is 13.5. The SMILES string of the molecule is COc1ccc(C#N)cc1NC(=O)NCc1ccco1. The molecule has 20 heavy (non-hydrogen) atoms. The summed E-state index contributed by atoms with van der Waals surface area (Å²) in [5.41, 5.74) is 0.871. The molecule has 2 N–H and O–H groups in total. The van der Waals surface area contributed by atoms with Crippen LogP contribution in [0.1, 0.15) is 11.3 Å². The molecule has 1 heterocycles. The molecule has 1 aromatic heterocycles. The van der Waals surface area contributed by atoms with Gasteiger partial charge >= 0.3 is 6.03 Å². The number of benzene rings is 1. The van der Waals surface area contributed by atoms with Gasteiger partial charge in [-0.05, 0) is 30.3 Å². The number of rotatable bonds is 4. The molecule has 0 atom stereocenters. The second-order valence-corrected chi connectivity index (χ2v) is 3.91. The predicted molar refractivity (Wildman–Crippen MR) is 72.3 cm³/mol. The lowest BCUT2D eigenvalue weighted by Gasteiger charge is -2.10. The van der Waals surface area contributed by atoms with Gasteiger partial charge in [0.15, 0.2) is 0 Å². The van der Waals surface area contributed by atoms with E-state index in [-0.39, 0.29) is 6.54 Å². The van der Waals surface area contributed by atoms with Crippen molar-refractivity contribution in [3.05, 3.63) is 47.9 Å². The number of nitriles is 1. The van der Waals surface area contributed by atoms with Crippen LogP contribution in [-0.2, 0) is 6.54 Å². The highest BCUT2D eigenvalue weighted by molar-refractivity contribution is 5.91. The number of hydrogen-bond donors (Lipinski definition) is 2. The van der Waals surface area contributed by atoms with E-state index in [1.165, 1.54) is 13.4 Å². The summed E-state index contributed by atoms with van der Waals surface area (Å²) in [4.78, 5) is 11.8. The van der Waals surface area contributed by atoms with Gasteiger partial charge in [0.1, 0.15) is 11.5 Å². The Labute approximate surface area is 116 Å². The molecule has 0 saturated carbocycles. The summed E-state index contributed by atoms with van der Waals surface area (Å²) in [5, 5.41) is 14.1. The van der Waals surface area contributed by atoms with Crippen LogP contribution in [0.25, 0.3) is 0 Å². The number of carbonyl (C=O) groups is 1. The van der Waals surface area contributed by atoms with Gasteiger partial charge in [-0.2, -0.15) is 5.26 Å². The molecule has 0 aliphatic heterocycles. The first-order valence-electron chi connectivity index (χ1n) is 5.88.